The summed E-state index contributed by atoms with van der Waals surface area (Å²) in [6.07, 6.45) is 2.06. The first-order valence-electron chi connectivity index (χ1n) is 8.31. The van der Waals surface area contributed by atoms with Crippen molar-refractivity contribution in [2.75, 3.05) is 18.4 Å². The molecule has 0 radical (unpaired) electrons. The van der Waals surface area contributed by atoms with E-state index in [2.05, 4.69) is 26.6 Å². The van der Waals surface area contributed by atoms with Crippen molar-refractivity contribution in [2.45, 2.75) is 12.8 Å². The minimum absolute atomic E-state index is 0.0216. The highest BCUT2D eigenvalue weighted by Crippen LogP contribution is 2.20. The Balaban J connectivity index is 1.69. The molecule has 1 heterocycles. The average Bonchev–Trinajstić information content (AvgIpc) is 3.16. The van der Waals surface area contributed by atoms with Crippen LogP contribution in [0, 0.1) is 0 Å². The van der Waals surface area contributed by atoms with Crippen molar-refractivity contribution in [3.05, 3.63) is 64.1 Å². The number of nitrogens with zero attached hydrogens (tertiary/aromatic N) is 1. The molecule has 2 N–H and O–H groups in total. The Labute approximate surface area is 165 Å². The van der Waals surface area contributed by atoms with Gasteiger partial charge in [-0.05, 0) is 55.4 Å². The molecule has 1 fully saturated rings. The van der Waals surface area contributed by atoms with Crippen molar-refractivity contribution >= 4 is 50.8 Å². The third-order valence-electron chi connectivity index (χ3n) is 4.11. The number of benzene rings is 2. The fraction of sp³-hybridized carbons (Fsp3) is 0.211. The molecule has 1 aliphatic rings. The summed E-state index contributed by atoms with van der Waals surface area (Å²) in [5, 5.41) is 5.76. The van der Waals surface area contributed by atoms with Gasteiger partial charge in [-0.3, -0.25) is 14.9 Å². The van der Waals surface area contributed by atoms with Gasteiger partial charge >= 0.3 is 0 Å². The van der Waals surface area contributed by atoms with Gasteiger partial charge in [0.2, 0.25) is 0 Å². The molecule has 26 heavy (non-hydrogen) atoms. The second kappa shape index (κ2) is 8.42. The number of halogens is 1. The summed E-state index contributed by atoms with van der Waals surface area (Å²) in [7, 11) is 0. The monoisotopic (exact) mass is 431 g/mol. The van der Waals surface area contributed by atoms with E-state index in [-0.39, 0.29) is 16.9 Å². The van der Waals surface area contributed by atoms with Crippen molar-refractivity contribution in [1.82, 2.24) is 10.2 Å². The SMILES string of the molecule is O=C(NC(=S)Nc1ccccc1C(=O)N1CCCC1)c1cccc(Br)c1. The van der Waals surface area contributed by atoms with Crippen LogP contribution in [0.2, 0.25) is 0 Å². The van der Waals surface area contributed by atoms with Crippen molar-refractivity contribution in [2.24, 2.45) is 0 Å². The molecule has 0 aromatic heterocycles. The number of thiocarbonyl (C=S) groups is 1. The molecule has 2 aromatic rings. The second-order valence-corrected chi connectivity index (χ2v) is 7.29. The van der Waals surface area contributed by atoms with Crippen LogP contribution < -0.4 is 10.6 Å². The number of hydrogen-bond acceptors (Lipinski definition) is 3. The molecule has 0 unspecified atom stereocenters. The molecule has 134 valence electrons. The van der Waals surface area contributed by atoms with Gasteiger partial charge < -0.3 is 10.2 Å². The number of hydrogen-bond donors (Lipinski definition) is 2. The molecule has 5 nitrogen and oxygen atoms in total. The molecule has 3 rings (SSSR count). The van der Waals surface area contributed by atoms with Crippen molar-refractivity contribution < 1.29 is 9.59 Å². The smallest absolute Gasteiger partial charge is 0.257 e. The number of para-hydroxylation sites is 1. The zero-order valence-electron chi connectivity index (χ0n) is 14.0. The molecular weight excluding hydrogens is 414 g/mol. The highest BCUT2D eigenvalue weighted by molar-refractivity contribution is 9.10. The summed E-state index contributed by atoms with van der Waals surface area (Å²) in [6, 6.07) is 14.2. The predicted octanol–water partition coefficient (Wildman–Crippen LogP) is 3.81. The maximum atomic E-state index is 12.7. The number of amides is 2. The second-order valence-electron chi connectivity index (χ2n) is 5.96. The lowest BCUT2D eigenvalue weighted by Gasteiger charge is -2.18. The van der Waals surface area contributed by atoms with E-state index in [1.54, 1.807) is 30.3 Å². The molecule has 7 heteroatoms. The number of likely N-dealkylation sites (tertiary alicyclic amines) is 1. The van der Waals surface area contributed by atoms with Crippen LogP contribution in [0.1, 0.15) is 33.6 Å². The Morgan fingerprint density at radius 2 is 1.77 bits per heavy atom. The quantitative estimate of drug-likeness (QED) is 0.725. The molecule has 0 saturated carbocycles. The Morgan fingerprint density at radius 3 is 2.50 bits per heavy atom. The van der Waals surface area contributed by atoms with Gasteiger partial charge in [0.05, 0.1) is 11.3 Å². The number of rotatable bonds is 3. The maximum Gasteiger partial charge on any atom is 0.257 e. The van der Waals surface area contributed by atoms with E-state index in [4.69, 9.17) is 12.2 Å². The number of anilines is 1. The summed E-state index contributed by atoms with van der Waals surface area (Å²) >= 11 is 8.58. The molecule has 0 aliphatic carbocycles. The number of nitrogens with one attached hydrogen (secondary N) is 2. The van der Waals surface area contributed by atoms with Gasteiger partial charge in [-0.25, -0.2) is 0 Å². The van der Waals surface area contributed by atoms with E-state index in [1.165, 1.54) is 0 Å². The number of carbonyl (C=O) groups is 2. The minimum Gasteiger partial charge on any atom is -0.339 e. The fourth-order valence-corrected chi connectivity index (χ4v) is 3.43. The first-order valence-corrected chi connectivity index (χ1v) is 9.51. The van der Waals surface area contributed by atoms with Gasteiger partial charge in [0.25, 0.3) is 11.8 Å². The van der Waals surface area contributed by atoms with Crippen LogP contribution in [-0.2, 0) is 0 Å². The molecule has 1 saturated heterocycles. The first-order chi connectivity index (χ1) is 12.5. The lowest BCUT2D eigenvalue weighted by atomic mass is 10.1. The molecule has 0 bridgehead atoms. The molecule has 1 aliphatic heterocycles. The van der Waals surface area contributed by atoms with Gasteiger partial charge in [-0.2, -0.15) is 0 Å². The van der Waals surface area contributed by atoms with E-state index in [0.29, 0.717) is 16.8 Å². The van der Waals surface area contributed by atoms with E-state index in [0.717, 1.165) is 30.4 Å². The van der Waals surface area contributed by atoms with Crippen LogP contribution in [0.15, 0.2) is 53.0 Å². The molecule has 0 spiro atoms. The summed E-state index contributed by atoms with van der Waals surface area (Å²) in [4.78, 5) is 26.8. The lowest BCUT2D eigenvalue weighted by Crippen LogP contribution is -2.35. The largest absolute Gasteiger partial charge is 0.339 e. The van der Waals surface area contributed by atoms with Crippen LogP contribution in [0.4, 0.5) is 5.69 Å². The van der Waals surface area contributed by atoms with Gasteiger partial charge in [0, 0.05) is 23.1 Å². The van der Waals surface area contributed by atoms with Crippen LogP contribution in [0.3, 0.4) is 0 Å². The number of carbonyl (C=O) groups excluding carboxylic acids is 2. The van der Waals surface area contributed by atoms with E-state index < -0.39 is 0 Å². The van der Waals surface area contributed by atoms with E-state index in [9.17, 15) is 9.59 Å². The van der Waals surface area contributed by atoms with Crippen molar-refractivity contribution in [3.63, 3.8) is 0 Å². The van der Waals surface area contributed by atoms with Gasteiger partial charge in [0.1, 0.15) is 0 Å². The third-order valence-corrected chi connectivity index (χ3v) is 4.81. The standard InChI is InChI=1S/C19H18BrN3O2S/c20-14-7-5-6-13(12-14)17(24)22-19(26)21-16-9-2-1-8-15(16)18(25)23-10-3-4-11-23/h1-2,5-9,12H,3-4,10-11H2,(H2,21,22,24,26). The summed E-state index contributed by atoms with van der Waals surface area (Å²) < 4.78 is 0.811. The third kappa shape index (κ3) is 4.47. The first kappa shape index (κ1) is 18.5. The topological polar surface area (TPSA) is 61.4 Å². The van der Waals surface area contributed by atoms with Gasteiger partial charge in [-0.15, -0.1) is 0 Å². The highest BCUT2D eigenvalue weighted by Gasteiger charge is 2.22. The zero-order valence-corrected chi connectivity index (χ0v) is 16.4. The van der Waals surface area contributed by atoms with Crippen LogP contribution >= 0.6 is 28.1 Å². The van der Waals surface area contributed by atoms with Crippen molar-refractivity contribution in [1.29, 1.82) is 0 Å². The Hall–Kier alpha value is -2.25. The summed E-state index contributed by atoms with van der Waals surface area (Å²) in [5.41, 5.74) is 1.63. The lowest BCUT2D eigenvalue weighted by molar-refractivity contribution is 0.0793. The molecular formula is C19H18BrN3O2S. The van der Waals surface area contributed by atoms with Crippen LogP contribution in [0.5, 0.6) is 0 Å². The van der Waals surface area contributed by atoms with Gasteiger partial charge in [-0.1, -0.05) is 34.1 Å². The van der Waals surface area contributed by atoms with E-state index >= 15 is 0 Å². The normalized spacial score (nSPS) is 13.3. The van der Waals surface area contributed by atoms with Gasteiger partial charge in [0.15, 0.2) is 5.11 Å². The summed E-state index contributed by atoms with van der Waals surface area (Å²) in [6.45, 7) is 1.55. The summed E-state index contributed by atoms with van der Waals surface area (Å²) in [5.74, 6) is -0.334. The Bertz CT molecular complexity index is 850. The Kier molecular flexibility index (Phi) is 6.00. The molecule has 2 amide bonds. The maximum absolute atomic E-state index is 12.7. The highest BCUT2D eigenvalue weighted by atomic mass is 79.9. The van der Waals surface area contributed by atoms with Crippen LogP contribution in [-0.4, -0.2) is 34.9 Å². The predicted molar refractivity (Wildman–Crippen MR) is 109 cm³/mol. The Morgan fingerprint density at radius 1 is 1.04 bits per heavy atom. The minimum atomic E-state index is -0.313. The average molecular weight is 432 g/mol. The van der Waals surface area contributed by atoms with Crippen molar-refractivity contribution in [3.8, 4) is 0 Å². The molecule has 2 aromatic carbocycles. The zero-order chi connectivity index (χ0) is 18.5. The molecule has 0 atom stereocenters. The van der Waals surface area contributed by atoms with E-state index in [1.807, 2.05) is 23.1 Å². The van der Waals surface area contributed by atoms with Crippen LogP contribution in [0.25, 0.3) is 0 Å². The fourth-order valence-electron chi connectivity index (χ4n) is 2.83.